The standard InChI is InChI=1S/C32H23N3/c33-30-20-15-24-11-12-25-21-28(18-19-29(25)31(24)32(30)34)35(26-9-5-2-6-10-26)27-16-13-23(14-17-27)22-7-3-1-4-8-22/h1-21,33-34H. The first kappa shape index (κ1) is 20.8. The first-order valence-corrected chi connectivity index (χ1v) is 11.6. The number of nitrogens with one attached hydrogen (secondary N) is 2. The van der Waals surface area contributed by atoms with Gasteiger partial charge in [0.2, 0.25) is 0 Å². The van der Waals surface area contributed by atoms with Gasteiger partial charge in [-0.3, -0.25) is 10.8 Å². The van der Waals surface area contributed by atoms with Crippen LogP contribution in [0.2, 0.25) is 0 Å². The molecule has 1 aliphatic carbocycles. The molecule has 0 bridgehead atoms. The zero-order valence-corrected chi connectivity index (χ0v) is 19.1. The third-order valence-electron chi connectivity index (χ3n) is 6.49. The van der Waals surface area contributed by atoms with Crippen molar-refractivity contribution in [2.45, 2.75) is 0 Å². The van der Waals surface area contributed by atoms with Gasteiger partial charge in [0.1, 0.15) is 0 Å². The Hall–Kier alpha value is -4.76. The van der Waals surface area contributed by atoms with Gasteiger partial charge >= 0.3 is 0 Å². The van der Waals surface area contributed by atoms with E-state index < -0.39 is 0 Å². The second-order valence-electron chi connectivity index (χ2n) is 8.64. The summed E-state index contributed by atoms with van der Waals surface area (Å²) in [7, 11) is 0. The zero-order chi connectivity index (χ0) is 23.8. The van der Waals surface area contributed by atoms with Gasteiger partial charge < -0.3 is 4.90 Å². The summed E-state index contributed by atoms with van der Waals surface area (Å²) in [5.41, 5.74) is 7.92. The van der Waals surface area contributed by atoms with Crippen LogP contribution >= 0.6 is 0 Å². The number of hydrogen-bond donors (Lipinski definition) is 2. The van der Waals surface area contributed by atoms with Crippen LogP contribution in [-0.2, 0) is 0 Å². The average Bonchev–Trinajstić information content (AvgIpc) is 2.92. The Morgan fingerprint density at radius 2 is 1.14 bits per heavy atom. The molecule has 2 N–H and O–H groups in total. The Bertz CT molecular complexity index is 1600. The Morgan fingerprint density at radius 3 is 1.89 bits per heavy atom. The molecule has 1 aliphatic rings. The van der Waals surface area contributed by atoms with Crippen molar-refractivity contribution in [3.05, 3.63) is 132 Å². The highest BCUT2D eigenvalue weighted by Crippen LogP contribution is 2.38. The molecular formula is C32H23N3. The number of nitrogens with zero attached hydrogens (tertiary/aromatic N) is 1. The van der Waals surface area contributed by atoms with Gasteiger partial charge in [-0.15, -0.1) is 0 Å². The average molecular weight is 450 g/mol. The third-order valence-corrected chi connectivity index (χ3v) is 6.49. The van der Waals surface area contributed by atoms with Crippen LogP contribution in [0.1, 0.15) is 11.1 Å². The number of para-hydroxylation sites is 1. The van der Waals surface area contributed by atoms with Crippen LogP contribution in [-0.4, -0.2) is 11.4 Å². The molecule has 0 saturated heterocycles. The lowest BCUT2D eigenvalue weighted by atomic mass is 9.89. The molecule has 166 valence electrons. The summed E-state index contributed by atoms with van der Waals surface area (Å²) in [4.78, 5) is 2.25. The maximum absolute atomic E-state index is 8.47. The first-order valence-electron chi connectivity index (χ1n) is 11.6. The molecule has 0 aliphatic heterocycles. The summed E-state index contributed by atoms with van der Waals surface area (Å²) in [6.45, 7) is 0. The van der Waals surface area contributed by atoms with Crippen molar-refractivity contribution in [3.8, 4) is 11.1 Å². The normalized spacial score (nSPS) is 12.6. The van der Waals surface area contributed by atoms with Crippen LogP contribution in [0.3, 0.4) is 0 Å². The van der Waals surface area contributed by atoms with E-state index in [9.17, 15) is 0 Å². The molecule has 0 radical (unpaired) electrons. The van der Waals surface area contributed by atoms with E-state index in [-0.39, 0.29) is 11.4 Å². The highest BCUT2D eigenvalue weighted by molar-refractivity contribution is 6.53. The van der Waals surface area contributed by atoms with Gasteiger partial charge in [-0.05, 0) is 69.9 Å². The van der Waals surface area contributed by atoms with Crippen LogP contribution in [0.15, 0.2) is 121 Å². The molecule has 3 nitrogen and oxygen atoms in total. The number of fused-ring (bicyclic) bond motifs is 3. The number of allylic oxidation sites excluding steroid dienone is 1. The van der Waals surface area contributed by atoms with E-state index in [1.807, 2.05) is 24.3 Å². The van der Waals surface area contributed by atoms with Crippen molar-refractivity contribution >= 4 is 45.3 Å². The minimum absolute atomic E-state index is 0.249. The predicted octanol–water partition coefficient (Wildman–Crippen LogP) is 8.39. The summed E-state index contributed by atoms with van der Waals surface area (Å²) >= 11 is 0. The molecular weight excluding hydrogens is 426 g/mol. The van der Waals surface area contributed by atoms with E-state index in [2.05, 4.69) is 102 Å². The number of benzene rings is 5. The third kappa shape index (κ3) is 3.73. The minimum Gasteiger partial charge on any atom is -0.310 e. The maximum Gasteiger partial charge on any atom is 0.0873 e. The molecule has 0 unspecified atom stereocenters. The largest absolute Gasteiger partial charge is 0.310 e. The summed E-state index contributed by atoms with van der Waals surface area (Å²) in [6.07, 6.45) is 3.62. The highest BCUT2D eigenvalue weighted by atomic mass is 15.1. The van der Waals surface area contributed by atoms with Crippen molar-refractivity contribution in [2.75, 3.05) is 4.90 Å². The Kier molecular flexibility index (Phi) is 5.08. The molecule has 0 heterocycles. The number of anilines is 3. The van der Waals surface area contributed by atoms with Gasteiger partial charge in [-0.25, -0.2) is 0 Å². The topological polar surface area (TPSA) is 50.9 Å². The van der Waals surface area contributed by atoms with Crippen molar-refractivity contribution in [2.24, 2.45) is 0 Å². The van der Waals surface area contributed by atoms with Crippen LogP contribution < -0.4 is 4.90 Å². The molecule has 5 aromatic rings. The van der Waals surface area contributed by atoms with Crippen LogP contribution in [0.25, 0.3) is 28.0 Å². The van der Waals surface area contributed by atoms with E-state index >= 15 is 0 Å². The monoisotopic (exact) mass is 449 g/mol. The van der Waals surface area contributed by atoms with E-state index in [0.29, 0.717) is 0 Å². The van der Waals surface area contributed by atoms with Crippen molar-refractivity contribution in [1.82, 2.24) is 0 Å². The van der Waals surface area contributed by atoms with Crippen LogP contribution in [0.4, 0.5) is 17.1 Å². The van der Waals surface area contributed by atoms with E-state index in [0.717, 1.165) is 39.0 Å². The van der Waals surface area contributed by atoms with Gasteiger partial charge in [0.25, 0.3) is 0 Å². The lowest BCUT2D eigenvalue weighted by molar-refractivity contribution is 1.29. The van der Waals surface area contributed by atoms with Gasteiger partial charge in [0, 0.05) is 22.6 Å². The van der Waals surface area contributed by atoms with Gasteiger partial charge in [-0.2, -0.15) is 0 Å². The Balaban J connectivity index is 1.47. The van der Waals surface area contributed by atoms with E-state index in [4.69, 9.17) is 10.8 Å². The lowest BCUT2D eigenvalue weighted by Crippen LogP contribution is -2.16. The molecule has 5 aromatic carbocycles. The number of rotatable bonds is 4. The van der Waals surface area contributed by atoms with Crippen molar-refractivity contribution < 1.29 is 0 Å². The molecule has 3 heteroatoms. The molecule has 0 aromatic heterocycles. The fourth-order valence-corrected chi connectivity index (χ4v) is 4.74. The summed E-state index contributed by atoms with van der Waals surface area (Å²) in [6, 6.07) is 39.9. The first-order chi connectivity index (χ1) is 17.2. The van der Waals surface area contributed by atoms with Crippen molar-refractivity contribution in [3.63, 3.8) is 0 Å². The smallest absolute Gasteiger partial charge is 0.0873 e. The van der Waals surface area contributed by atoms with E-state index in [1.165, 1.54) is 11.1 Å². The second kappa shape index (κ2) is 8.54. The zero-order valence-electron chi connectivity index (χ0n) is 19.1. The molecule has 0 atom stereocenters. The number of hydrogen-bond acceptors (Lipinski definition) is 3. The molecule has 0 saturated carbocycles. The molecule has 6 rings (SSSR count). The van der Waals surface area contributed by atoms with Crippen LogP contribution in [0, 0.1) is 10.8 Å². The highest BCUT2D eigenvalue weighted by Gasteiger charge is 2.19. The quantitative estimate of drug-likeness (QED) is 0.284. The summed E-state index contributed by atoms with van der Waals surface area (Å²) in [5, 5.41) is 18.6. The van der Waals surface area contributed by atoms with Gasteiger partial charge in [0.15, 0.2) is 0 Å². The summed E-state index contributed by atoms with van der Waals surface area (Å²) in [5.74, 6) is 0. The molecule has 0 spiro atoms. The maximum atomic E-state index is 8.47. The molecule has 0 amide bonds. The van der Waals surface area contributed by atoms with Gasteiger partial charge in [-0.1, -0.05) is 84.9 Å². The summed E-state index contributed by atoms with van der Waals surface area (Å²) < 4.78 is 0. The predicted molar refractivity (Wildman–Crippen MR) is 148 cm³/mol. The molecule has 0 fully saturated rings. The minimum atomic E-state index is 0.249. The fraction of sp³-hybridized carbons (Fsp3) is 0. The van der Waals surface area contributed by atoms with Gasteiger partial charge in [0.05, 0.1) is 11.4 Å². The van der Waals surface area contributed by atoms with E-state index in [1.54, 1.807) is 6.08 Å². The van der Waals surface area contributed by atoms with Crippen molar-refractivity contribution in [1.29, 1.82) is 10.8 Å². The lowest BCUT2D eigenvalue weighted by Gasteiger charge is -2.26. The molecule has 35 heavy (non-hydrogen) atoms. The Morgan fingerprint density at radius 1 is 0.514 bits per heavy atom. The second-order valence-corrected chi connectivity index (χ2v) is 8.64. The fourth-order valence-electron chi connectivity index (χ4n) is 4.74. The SMILES string of the molecule is N=C1C=Cc2ccc3cc(N(c4ccccc4)c4ccc(-c5ccccc5)cc4)ccc3c2C1=N. The van der Waals surface area contributed by atoms with Crippen LogP contribution in [0.5, 0.6) is 0 Å². The Labute approximate surface area is 204 Å².